The molecule has 1 N–H and O–H groups in total. The molecule has 162 valence electrons. The van der Waals surface area contributed by atoms with Crippen molar-refractivity contribution in [3.05, 3.63) is 89.3 Å². The fourth-order valence-electron chi connectivity index (χ4n) is 3.26. The minimum absolute atomic E-state index is 0.149. The van der Waals surface area contributed by atoms with Crippen molar-refractivity contribution in [2.24, 2.45) is 0 Å². The summed E-state index contributed by atoms with van der Waals surface area (Å²) in [6.07, 6.45) is 0. The van der Waals surface area contributed by atoms with Crippen molar-refractivity contribution in [2.45, 2.75) is 5.03 Å². The molecule has 0 bridgehead atoms. The minimum atomic E-state index is -0.149. The van der Waals surface area contributed by atoms with E-state index in [9.17, 15) is 4.79 Å². The van der Waals surface area contributed by atoms with Gasteiger partial charge in [-0.2, -0.15) is 0 Å². The summed E-state index contributed by atoms with van der Waals surface area (Å²) in [5.74, 6) is 0.650. The molecule has 0 unspecified atom stereocenters. The van der Waals surface area contributed by atoms with Gasteiger partial charge in [0.25, 0.3) is 0 Å². The summed E-state index contributed by atoms with van der Waals surface area (Å²) in [5.41, 5.74) is 3.55. The number of hydrogen-bond donors (Lipinski definition) is 1. The second kappa shape index (κ2) is 9.70. The topological polar surface area (TPSA) is 67.8 Å². The summed E-state index contributed by atoms with van der Waals surface area (Å²) in [5, 5.41) is 7.52. The van der Waals surface area contributed by atoms with Crippen LogP contribution in [0.25, 0.3) is 33.5 Å². The molecular weight excluding hydrogens is 472 g/mol. The first-order valence-electron chi connectivity index (χ1n) is 10.1. The molecular formula is C25H17ClN4OS2. The Labute approximate surface area is 203 Å². The maximum Gasteiger partial charge on any atom is 0.236 e. The van der Waals surface area contributed by atoms with Crippen LogP contribution < -0.4 is 5.32 Å². The quantitative estimate of drug-likeness (QED) is 0.210. The summed E-state index contributed by atoms with van der Waals surface area (Å²) >= 11 is 8.98. The number of hydrogen-bond acceptors (Lipinski definition) is 6. The number of aromatic nitrogens is 3. The Kier molecular flexibility index (Phi) is 6.35. The average Bonchev–Trinajstić information content (AvgIpc) is 3.32. The second-order valence-corrected chi connectivity index (χ2v) is 9.38. The zero-order valence-corrected chi connectivity index (χ0v) is 19.6. The third-order valence-electron chi connectivity index (χ3n) is 4.81. The molecule has 0 aliphatic carbocycles. The second-order valence-electron chi connectivity index (χ2n) is 7.12. The Bertz CT molecular complexity index is 1420. The standard InChI is InChI=1S/C25H17ClN4OS2/c26-18-11-12-20-19(13-18)24(30-23(27-20)17-9-5-2-6-10-17)32-15-22(31)29-25-28-21(14-33-25)16-7-3-1-4-8-16/h1-14H,15H2,(H,28,29,31). The molecule has 2 heterocycles. The number of benzene rings is 3. The van der Waals surface area contributed by atoms with Crippen molar-refractivity contribution in [1.82, 2.24) is 15.0 Å². The molecule has 1 amide bonds. The van der Waals surface area contributed by atoms with Crippen LogP contribution in [0.1, 0.15) is 0 Å². The van der Waals surface area contributed by atoms with Crippen molar-refractivity contribution in [1.29, 1.82) is 0 Å². The van der Waals surface area contributed by atoms with Crippen LogP contribution in [0.2, 0.25) is 5.02 Å². The Morgan fingerprint density at radius 2 is 1.64 bits per heavy atom. The van der Waals surface area contributed by atoms with Gasteiger partial charge in [-0.15, -0.1) is 11.3 Å². The number of halogens is 1. The van der Waals surface area contributed by atoms with Gasteiger partial charge in [0.15, 0.2) is 11.0 Å². The lowest BCUT2D eigenvalue weighted by atomic mass is 10.2. The molecule has 3 aromatic carbocycles. The number of carbonyl (C=O) groups excluding carboxylic acids is 1. The van der Waals surface area contributed by atoms with Crippen LogP contribution in [-0.2, 0) is 4.79 Å². The molecule has 0 atom stereocenters. The SMILES string of the molecule is O=C(CSc1nc(-c2ccccc2)nc2ccc(Cl)cc12)Nc1nc(-c2ccccc2)cs1. The molecule has 0 saturated heterocycles. The van der Waals surface area contributed by atoms with Gasteiger partial charge in [-0.3, -0.25) is 4.79 Å². The molecule has 0 spiro atoms. The largest absolute Gasteiger partial charge is 0.301 e. The van der Waals surface area contributed by atoms with Gasteiger partial charge in [0, 0.05) is 26.9 Å². The zero-order valence-electron chi connectivity index (χ0n) is 17.2. The third-order valence-corrected chi connectivity index (χ3v) is 6.80. The number of anilines is 1. The van der Waals surface area contributed by atoms with Crippen LogP contribution in [0, 0.1) is 0 Å². The molecule has 0 saturated carbocycles. The molecule has 33 heavy (non-hydrogen) atoms. The van der Waals surface area contributed by atoms with Crippen molar-refractivity contribution in [2.75, 3.05) is 11.1 Å². The molecule has 5 nitrogen and oxygen atoms in total. The van der Waals surface area contributed by atoms with Crippen molar-refractivity contribution in [3.63, 3.8) is 0 Å². The highest BCUT2D eigenvalue weighted by Crippen LogP contribution is 2.31. The van der Waals surface area contributed by atoms with E-state index >= 15 is 0 Å². The van der Waals surface area contributed by atoms with Crippen molar-refractivity contribution < 1.29 is 4.79 Å². The normalized spacial score (nSPS) is 10.9. The Balaban J connectivity index is 1.35. The number of fused-ring (bicyclic) bond motifs is 1. The van der Waals surface area contributed by atoms with Crippen LogP contribution in [0.4, 0.5) is 5.13 Å². The molecule has 0 aliphatic rings. The van der Waals surface area contributed by atoms with Crippen LogP contribution >= 0.6 is 34.7 Å². The van der Waals surface area contributed by atoms with E-state index < -0.39 is 0 Å². The number of thioether (sulfide) groups is 1. The van der Waals surface area contributed by atoms with E-state index in [1.807, 2.05) is 78.2 Å². The van der Waals surface area contributed by atoms with Gasteiger partial charge >= 0.3 is 0 Å². The highest BCUT2D eigenvalue weighted by atomic mass is 35.5. The molecule has 0 radical (unpaired) electrons. The number of carbonyl (C=O) groups is 1. The van der Waals surface area contributed by atoms with E-state index in [0.717, 1.165) is 27.7 Å². The minimum Gasteiger partial charge on any atom is -0.301 e. The fourth-order valence-corrected chi connectivity index (χ4v) is 4.98. The van der Waals surface area contributed by atoms with Gasteiger partial charge in [-0.25, -0.2) is 15.0 Å². The van der Waals surface area contributed by atoms with Crippen LogP contribution in [0.3, 0.4) is 0 Å². The van der Waals surface area contributed by atoms with Crippen molar-refractivity contribution in [3.8, 4) is 22.6 Å². The number of amides is 1. The van der Waals surface area contributed by atoms with Crippen LogP contribution in [-0.4, -0.2) is 26.6 Å². The first kappa shape index (κ1) is 21.6. The van der Waals surface area contributed by atoms with Gasteiger partial charge in [-0.05, 0) is 18.2 Å². The number of nitrogens with zero attached hydrogens (tertiary/aromatic N) is 3. The Morgan fingerprint density at radius 3 is 2.39 bits per heavy atom. The summed E-state index contributed by atoms with van der Waals surface area (Å²) in [6.45, 7) is 0. The predicted molar refractivity (Wildman–Crippen MR) is 137 cm³/mol. The molecule has 0 fully saturated rings. The maximum absolute atomic E-state index is 12.7. The third kappa shape index (κ3) is 5.06. The summed E-state index contributed by atoms with van der Waals surface area (Å²) in [7, 11) is 0. The summed E-state index contributed by atoms with van der Waals surface area (Å²) in [6, 6.07) is 25.2. The molecule has 2 aromatic heterocycles. The van der Waals surface area contributed by atoms with E-state index in [4.69, 9.17) is 16.6 Å². The first-order chi connectivity index (χ1) is 16.2. The highest BCUT2D eigenvalue weighted by Gasteiger charge is 2.14. The smallest absolute Gasteiger partial charge is 0.236 e. The lowest BCUT2D eigenvalue weighted by Crippen LogP contribution is -2.14. The first-order valence-corrected chi connectivity index (χ1v) is 12.4. The Morgan fingerprint density at radius 1 is 0.909 bits per heavy atom. The fraction of sp³-hybridized carbons (Fsp3) is 0.0400. The van der Waals surface area contributed by atoms with Crippen molar-refractivity contribution >= 4 is 56.6 Å². The van der Waals surface area contributed by atoms with E-state index in [-0.39, 0.29) is 11.7 Å². The average molecular weight is 489 g/mol. The lowest BCUT2D eigenvalue weighted by Gasteiger charge is -2.09. The van der Waals surface area contributed by atoms with Gasteiger partial charge in [0.2, 0.25) is 5.91 Å². The molecule has 5 rings (SSSR count). The number of nitrogens with one attached hydrogen (secondary N) is 1. The van der Waals surface area contributed by atoms with E-state index in [0.29, 0.717) is 21.0 Å². The lowest BCUT2D eigenvalue weighted by molar-refractivity contribution is -0.113. The predicted octanol–water partition coefficient (Wildman–Crippen LogP) is 6.80. The number of rotatable bonds is 6. The molecule has 8 heteroatoms. The van der Waals surface area contributed by atoms with Gasteiger partial charge < -0.3 is 5.32 Å². The van der Waals surface area contributed by atoms with Gasteiger partial charge in [0.05, 0.1) is 17.0 Å². The molecule has 5 aromatic rings. The van der Waals surface area contributed by atoms with Gasteiger partial charge in [-0.1, -0.05) is 84.0 Å². The van der Waals surface area contributed by atoms with E-state index in [2.05, 4.69) is 15.3 Å². The highest BCUT2D eigenvalue weighted by molar-refractivity contribution is 8.00. The number of thiazole rings is 1. The zero-order chi connectivity index (χ0) is 22.6. The Hall–Kier alpha value is -3.26. The molecule has 0 aliphatic heterocycles. The van der Waals surface area contributed by atoms with E-state index in [1.165, 1.54) is 23.1 Å². The monoisotopic (exact) mass is 488 g/mol. The maximum atomic E-state index is 12.7. The van der Waals surface area contributed by atoms with Gasteiger partial charge in [0.1, 0.15) is 5.03 Å². The summed E-state index contributed by atoms with van der Waals surface area (Å²) < 4.78 is 0. The van der Waals surface area contributed by atoms with E-state index in [1.54, 1.807) is 6.07 Å². The summed E-state index contributed by atoms with van der Waals surface area (Å²) in [4.78, 5) is 26.6. The van der Waals surface area contributed by atoms with Crippen LogP contribution in [0.15, 0.2) is 89.3 Å². The van der Waals surface area contributed by atoms with Crippen LogP contribution in [0.5, 0.6) is 0 Å².